The van der Waals surface area contributed by atoms with Gasteiger partial charge in [-0.1, -0.05) is 23.8 Å². The van der Waals surface area contributed by atoms with E-state index in [1.54, 1.807) is 6.07 Å². The third-order valence-electron chi connectivity index (χ3n) is 3.90. The van der Waals surface area contributed by atoms with Gasteiger partial charge in [-0.15, -0.1) is 0 Å². The number of Topliss-reactive ketones (excluding diaryl/α,β-unsaturated/α-hetero) is 1. The Labute approximate surface area is 132 Å². The van der Waals surface area contributed by atoms with Gasteiger partial charge < -0.3 is 10.6 Å². The van der Waals surface area contributed by atoms with Crippen molar-refractivity contribution in [2.24, 2.45) is 0 Å². The molecule has 1 aromatic carbocycles. The molecule has 0 atom stereocenters. The van der Waals surface area contributed by atoms with E-state index >= 15 is 0 Å². The maximum absolute atomic E-state index is 11.9. The second-order valence-electron chi connectivity index (χ2n) is 5.66. The first-order chi connectivity index (χ1) is 10.7. The fourth-order valence-corrected chi connectivity index (χ4v) is 2.68. The number of para-hydroxylation sites is 1. The van der Waals surface area contributed by atoms with Crippen molar-refractivity contribution in [2.75, 3.05) is 18.4 Å². The van der Waals surface area contributed by atoms with Crippen LogP contribution in [0.2, 0.25) is 0 Å². The lowest BCUT2D eigenvalue weighted by molar-refractivity contribution is -0.119. The number of hydrogen-bond donors (Lipinski definition) is 2. The van der Waals surface area contributed by atoms with E-state index in [1.165, 1.54) is 38.2 Å². The highest BCUT2D eigenvalue weighted by molar-refractivity contribution is 6.00. The first kappa shape index (κ1) is 16.3. The molecule has 2 rings (SSSR count). The van der Waals surface area contributed by atoms with Crippen molar-refractivity contribution < 1.29 is 9.59 Å². The Morgan fingerprint density at radius 3 is 2.73 bits per heavy atom. The Morgan fingerprint density at radius 1 is 1.18 bits per heavy atom. The maximum Gasteiger partial charge on any atom is 0.239 e. The highest BCUT2D eigenvalue weighted by atomic mass is 16.2. The van der Waals surface area contributed by atoms with Crippen LogP contribution in [0, 0.1) is 0 Å². The molecule has 4 heteroatoms. The van der Waals surface area contributed by atoms with Crippen LogP contribution in [0.5, 0.6) is 0 Å². The molecule has 0 saturated carbocycles. The van der Waals surface area contributed by atoms with Crippen LogP contribution in [0.25, 0.3) is 0 Å². The van der Waals surface area contributed by atoms with E-state index in [2.05, 4.69) is 16.7 Å². The lowest BCUT2D eigenvalue weighted by atomic mass is 9.97. The minimum absolute atomic E-state index is 0.00672. The monoisotopic (exact) mass is 300 g/mol. The van der Waals surface area contributed by atoms with Crippen LogP contribution in [0.1, 0.15) is 49.4 Å². The molecule has 0 bridgehead atoms. The Morgan fingerprint density at radius 2 is 2.00 bits per heavy atom. The average molecular weight is 300 g/mol. The number of amides is 1. The van der Waals surface area contributed by atoms with Crippen LogP contribution < -0.4 is 10.6 Å². The fourth-order valence-electron chi connectivity index (χ4n) is 2.68. The third-order valence-corrected chi connectivity index (χ3v) is 3.90. The van der Waals surface area contributed by atoms with Gasteiger partial charge in [0.05, 0.1) is 6.54 Å². The minimum Gasteiger partial charge on any atom is -0.376 e. The number of ketones is 1. The summed E-state index contributed by atoms with van der Waals surface area (Å²) in [5.41, 5.74) is 2.78. The van der Waals surface area contributed by atoms with E-state index in [0.717, 1.165) is 6.42 Å². The van der Waals surface area contributed by atoms with E-state index in [9.17, 15) is 9.59 Å². The molecule has 0 saturated heterocycles. The molecule has 1 aliphatic rings. The topological polar surface area (TPSA) is 58.2 Å². The summed E-state index contributed by atoms with van der Waals surface area (Å²) in [6.45, 7) is 2.39. The van der Waals surface area contributed by atoms with Crippen LogP contribution in [0.3, 0.4) is 0 Å². The van der Waals surface area contributed by atoms with E-state index in [-0.39, 0.29) is 18.2 Å². The normalized spacial score (nSPS) is 14.1. The molecule has 2 N–H and O–H groups in total. The third kappa shape index (κ3) is 5.02. The molecular formula is C18H24N2O2. The van der Waals surface area contributed by atoms with Crippen LogP contribution in [0.15, 0.2) is 35.9 Å². The molecule has 118 valence electrons. The number of rotatable bonds is 7. The van der Waals surface area contributed by atoms with Gasteiger partial charge in [-0.25, -0.2) is 0 Å². The average Bonchev–Trinajstić information content (AvgIpc) is 2.54. The molecule has 0 aromatic heterocycles. The Kier molecular flexibility index (Phi) is 6.19. The van der Waals surface area contributed by atoms with Gasteiger partial charge in [0, 0.05) is 17.8 Å². The molecule has 0 aliphatic heterocycles. The second kappa shape index (κ2) is 8.37. The molecule has 0 spiro atoms. The zero-order valence-electron chi connectivity index (χ0n) is 13.2. The number of benzene rings is 1. The lowest BCUT2D eigenvalue weighted by Gasteiger charge is -2.13. The zero-order chi connectivity index (χ0) is 15.8. The number of carbonyl (C=O) groups excluding carboxylic acids is 2. The van der Waals surface area contributed by atoms with Crippen molar-refractivity contribution in [3.8, 4) is 0 Å². The number of hydrogen-bond acceptors (Lipinski definition) is 3. The van der Waals surface area contributed by atoms with Gasteiger partial charge in [-0.2, -0.15) is 0 Å². The fraction of sp³-hybridized carbons (Fsp3) is 0.444. The van der Waals surface area contributed by atoms with E-state index in [0.29, 0.717) is 17.8 Å². The quantitative estimate of drug-likeness (QED) is 0.600. The summed E-state index contributed by atoms with van der Waals surface area (Å²) < 4.78 is 0. The highest BCUT2D eigenvalue weighted by Crippen LogP contribution is 2.19. The van der Waals surface area contributed by atoms with Crippen molar-refractivity contribution in [3.05, 3.63) is 41.5 Å². The van der Waals surface area contributed by atoms with Crippen molar-refractivity contribution in [1.29, 1.82) is 0 Å². The lowest BCUT2D eigenvalue weighted by Crippen LogP contribution is -2.31. The van der Waals surface area contributed by atoms with Crippen molar-refractivity contribution >= 4 is 17.4 Å². The Hall–Kier alpha value is -2.10. The molecule has 22 heavy (non-hydrogen) atoms. The van der Waals surface area contributed by atoms with Gasteiger partial charge in [-0.3, -0.25) is 9.59 Å². The summed E-state index contributed by atoms with van der Waals surface area (Å²) in [6.07, 6.45) is 8.14. The molecular weight excluding hydrogens is 276 g/mol. The van der Waals surface area contributed by atoms with Gasteiger partial charge >= 0.3 is 0 Å². The van der Waals surface area contributed by atoms with Gasteiger partial charge in [-0.05, 0) is 51.2 Å². The first-order valence-electron chi connectivity index (χ1n) is 7.95. The Bertz CT molecular complexity index is 564. The van der Waals surface area contributed by atoms with Crippen LogP contribution in [-0.2, 0) is 4.79 Å². The molecule has 0 fully saturated rings. The largest absolute Gasteiger partial charge is 0.376 e. The van der Waals surface area contributed by atoms with Gasteiger partial charge in [0.15, 0.2) is 5.78 Å². The smallest absolute Gasteiger partial charge is 0.239 e. The van der Waals surface area contributed by atoms with Crippen molar-refractivity contribution in [1.82, 2.24) is 5.32 Å². The van der Waals surface area contributed by atoms with Crippen LogP contribution in [0.4, 0.5) is 5.69 Å². The van der Waals surface area contributed by atoms with E-state index in [4.69, 9.17) is 0 Å². The number of carbonyl (C=O) groups is 2. The Balaban J connectivity index is 1.74. The first-order valence-corrected chi connectivity index (χ1v) is 7.95. The van der Waals surface area contributed by atoms with Crippen LogP contribution in [-0.4, -0.2) is 24.8 Å². The van der Waals surface area contributed by atoms with Gasteiger partial charge in [0.2, 0.25) is 5.91 Å². The summed E-state index contributed by atoms with van der Waals surface area (Å²) in [7, 11) is 0. The predicted octanol–water partition coefficient (Wildman–Crippen LogP) is 3.31. The van der Waals surface area contributed by atoms with Gasteiger partial charge in [0.25, 0.3) is 0 Å². The summed E-state index contributed by atoms with van der Waals surface area (Å²) in [5, 5.41) is 5.96. The predicted molar refractivity (Wildman–Crippen MR) is 89.1 cm³/mol. The van der Waals surface area contributed by atoms with E-state index in [1.807, 2.05) is 18.2 Å². The summed E-state index contributed by atoms with van der Waals surface area (Å²) >= 11 is 0. The summed E-state index contributed by atoms with van der Waals surface area (Å²) in [5.74, 6) is -0.0532. The molecule has 1 aliphatic carbocycles. The molecule has 1 amide bonds. The SMILES string of the molecule is CC(=O)c1ccccc1NCC(=O)NCCC1=CCCCC1. The van der Waals surface area contributed by atoms with Gasteiger partial charge in [0.1, 0.15) is 0 Å². The van der Waals surface area contributed by atoms with Crippen molar-refractivity contribution in [3.63, 3.8) is 0 Å². The second-order valence-corrected chi connectivity index (χ2v) is 5.66. The molecule has 0 unspecified atom stereocenters. The number of anilines is 1. The van der Waals surface area contributed by atoms with Crippen LogP contribution >= 0.6 is 0 Å². The molecule has 4 nitrogen and oxygen atoms in total. The minimum atomic E-state index is -0.0465. The highest BCUT2D eigenvalue weighted by Gasteiger charge is 2.08. The molecule has 0 radical (unpaired) electrons. The zero-order valence-corrected chi connectivity index (χ0v) is 13.2. The molecule has 1 aromatic rings. The van der Waals surface area contributed by atoms with E-state index < -0.39 is 0 Å². The summed E-state index contributed by atoms with van der Waals surface area (Å²) in [4.78, 5) is 23.4. The van der Waals surface area contributed by atoms with Crippen molar-refractivity contribution in [2.45, 2.75) is 39.0 Å². The standard InChI is InChI=1S/C18H24N2O2/c1-14(21)16-9-5-6-10-17(16)20-13-18(22)19-12-11-15-7-3-2-4-8-15/h5-7,9-10,20H,2-4,8,11-13H2,1H3,(H,19,22). The number of nitrogens with one attached hydrogen (secondary N) is 2. The number of allylic oxidation sites excluding steroid dienone is 1. The maximum atomic E-state index is 11.9. The molecule has 0 heterocycles. The summed E-state index contributed by atoms with van der Waals surface area (Å²) in [6, 6.07) is 7.25.